The number of hydrogen-bond donors (Lipinski definition) is 2. The summed E-state index contributed by atoms with van der Waals surface area (Å²) in [6.45, 7) is 11.6. The van der Waals surface area contributed by atoms with Crippen LogP contribution in [-0.2, 0) is 13.0 Å². The Morgan fingerprint density at radius 1 is 1.26 bits per heavy atom. The molecule has 1 atom stereocenters. The van der Waals surface area contributed by atoms with Crippen LogP contribution in [0.5, 0.6) is 5.75 Å². The van der Waals surface area contributed by atoms with Crippen LogP contribution in [0.2, 0.25) is 0 Å². The van der Waals surface area contributed by atoms with E-state index in [1.165, 1.54) is 11.1 Å². The van der Waals surface area contributed by atoms with Gasteiger partial charge >= 0.3 is 0 Å². The zero-order chi connectivity index (χ0) is 13.9. The van der Waals surface area contributed by atoms with Crippen LogP contribution in [0, 0.1) is 0 Å². The van der Waals surface area contributed by atoms with Crippen molar-refractivity contribution in [1.29, 1.82) is 0 Å². The number of ether oxygens (including phenoxy) is 1. The maximum absolute atomic E-state index is 5.71. The van der Waals surface area contributed by atoms with Gasteiger partial charge in [-0.15, -0.1) is 0 Å². The SMILES string of the molecule is CC1Cc2cc(CNCCNC(C)(C)C)ccc2O1. The van der Waals surface area contributed by atoms with Crippen LogP contribution < -0.4 is 15.4 Å². The summed E-state index contributed by atoms with van der Waals surface area (Å²) in [5.41, 5.74) is 2.88. The largest absolute Gasteiger partial charge is 0.490 e. The molecule has 1 aliphatic heterocycles. The highest BCUT2D eigenvalue weighted by Crippen LogP contribution is 2.29. The van der Waals surface area contributed by atoms with E-state index >= 15 is 0 Å². The van der Waals surface area contributed by atoms with Gasteiger partial charge < -0.3 is 15.4 Å². The summed E-state index contributed by atoms with van der Waals surface area (Å²) >= 11 is 0. The predicted octanol–water partition coefficient (Wildman–Crippen LogP) is 2.49. The van der Waals surface area contributed by atoms with Crippen LogP contribution in [0.3, 0.4) is 0 Å². The minimum Gasteiger partial charge on any atom is -0.490 e. The minimum absolute atomic E-state index is 0.197. The lowest BCUT2D eigenvalue weighted by molar-refractivity contribution is 0.254. The maximum Gasteiger partial charge on any atom is 0.123 e. The summed E-state index contributed by atoms with van der Waals surface area (Å²) in [4.78, 5) is 0. The Hall–Kier alpha value is -1.06. The molecule has 0 amide bonds. The van der Waals surface area contributed by atoms with Crippen molar-refractivity contribution in [2.24, 2.45) is 0 Å². The van der Waals surface area contributed by atoms with E-state index in [4.69, 9.17) is 4.74 Å². The average Bonchev–Trinajstić information content (AvgIpc) is 2.66. The van der Waals surface area contributed by atoms with E-state index in [0.717, 1.165) is 31.8 Å². The van der Waals surface area contributed by atoms with Gasteiger partial charge in [-0.3, -0.25) is 0 Å². The fourth-order valence-electron chi connectivity index (χ4n) is 2.34. The van der Waals surface area contributed by atoms with Gasteiger partial charge in [0.25, 0.3) is 0 Å². The normalized spacial score (nSPS) is 18.2. The van der Waals surface area contributed by atoms with Crippen LogP contribution in [0.25, 0.3) is 0 Å². The molecule has 19 heavy (non-hydrogen) atoms. The summed E-state index contributed by atoms with van der Waals surface area (Å²) in [6, 6.07) is 6.52. The Balaban J connectivity index is 1.74. The van der Waals surface area contributed by atoms with Crippen molar-refractivity contribution in [1.82, 2.24) is 10.6 Å². The first-order valence-corrected chi connectivity index (χ1v) is 7.18. The number of hydrogen-bond acceptors (Lipinski definition) is 3. The molecular weight excluding hydrogens is 236 g/mol. The monoisotopic (exact) mass is 262 g/mol. The van der Waals surface area contributed by atoms with E-state index in [1.807, 2.05) is 0 Å². The van der Waals surface area contributed by atoms with Gasteiger partial charge in [0, 0.05) is 31.6 Å². The van der Waals surface area contributed by atoms with Crippen molar-refractivity contribution in [3.63, 3.8) is 0 Å². The third-order valence-corrected chi connectivity index (χ3v) is 3.25. The topological polar surface area (TPSA) is 33.3 Å². The molecule has 0 aliphatic carbocycles. The first-order chi connectivity index (χ1) is 8.94. The summed E-state index contributed by atoms with van der Waals surface area (Å²) in [7, 11) is 0. The van der Waals surface area contributed by atoms with Crippen molar-refractivity contribution in [2.75, 3.05) is 13.1 Å². The smallest absolute Gasteiger partial charge is 0.123 e. The zero-order valence-electron chi connectivity index (χ0n) is 12.5. The molecule has 1 aromatic carbocycles. The van der Waals surface area contributed by atoms with Crippen LogP contribution in [-0.4, -0.2) is 24.7 Å². The molecule has 1 heterocycles. The van der Waals surface area contributed by atoms with Crippen LogP contribution in [0.1, 0.15) is 38.8 Å². The summed E-state index contributed by atoms with van der Waals surface area (Å²) in [5, 5.41) is 6.95. The third-order valence-electron chi connectivity index (χ3n) is 3.25. The van der Waals surface area contributed by atoms with E-state index in [2.05, 4.69) is 56.5 Å². The molecule has 3 nitrogen and oxygen atoms in total. The molecule has 1 aliphatic rings. The van der Waals surface area contributed by atoms with Gasteiger partial charge in [0.15, 0.2) is 0 Å². The van der Waals surface area contributed by atoms with E-state index < -0.39 is 0 Å². The van der Waals surface area contributed by atoms with Crippen molar-refractivity contribution >= 4 is 0 Å². The highest BCUT2D eigenvalue weighted by Gasteiger charge is 2.18. The second-order valence-electron chi connectivity index (χ2n) is 6.43. The molecule has 0 aromatic heterocycles. The molecule has 1 unspecified atom stereocenters. The maximum atomic E-state index is 5.71. The average molecular weight is 262 g/mol. The molecular formula is C16H26N2O. The minimum atomic E-state index is 0.197. The Morgan fingerprint density at radius 3 is 2.79 bits per heavy atom. The summed E-state index contributed by atoms with van der Waals surface area (Å²) in [5.74, 6) is 1.06. The fourth-order valence-corrected chi connectivity index (χ4v) is 2.34. The lowest BCUT2D eigenvalue weighted by atomic mass is 10.1. The fraction of sp³-hybridized carbons (Fsp3) is 0.625. The Morgan fingerprint density at radius 2 is 2.05 bits per heavy atom. The van der Waals surface area contributed by atoms with Crippen LogP contribution in [0.15, 0.2) is 18.2 Å². The molecule has 2 N–H and O–H groups in total. The quantitative estimate of drug-likeness (QED) is 0.800. The van der Waals surface area contributed by atoms with E-state index in [9.17, 15) is 0 Å². The Labute approximate surface area is 116 Å². The summed E-state index contributed by atoms with van der Waals surface area (Å²) < 4.78 is 5.71. The number of fused-ring (bicyclic) bond motifs is 1. The lowest BCUT2D eigenvalue weighted by Crippen LogP contribution is -2.40. The van der Waals surface area contributed by atoms with Gasteiger partial charge in [-0.25, -0.2) is 0 Å². The zero-order valence-corrected chi connectivity index (χ0v) is 12.5. The van der Waals surface area contributed by atoms with E-state index in [0.29, 0.717) is 6.10 Å². The van der Waals surface area contributed by atoms with Gasteiger partial charge in [-0.05, 0) is 44.9 Å². The molecule has 0 saturated carbocycles. The van der Waals surface area contributed by atoms with E-state index in [-0.39, 0.29) is 5.54 Å². The standard InChI is InChI=1S/C16H26N2O/c1-12-9-14-10-13(5-6-15(14)19-12)11-17-7-8-18-16(2,3)4/h5-6,10,12,17-18H,7-9,11H2,1-4H3. The first-order valence-electron chi connectivity index (χ1n) is 7.18. The van der Waals surface area contributed by atoms with Gasteiger partial charge in [-0.2, -0.15) is 0 Å². The Bertz CT molecular complexity index is 423. The molecule has 1 aromatic rings. The van der Waals surface area contributed by atoms with Gasteiger partial charge in [0.1, 0.15) is 11.9 Å². The van der Waals surface area contributed by atoms with Crippen LogP contribution in [0.4, 0.5) is 0 Å². The second kappa shape index (κ2) is 5.93. The van der Waals surface area contributed by atoms with Gasteiger partial charge in [-0.1, -0.05) is 12.1 Å². The number of nitrogens with one attached hydrogen (secondary N) is 2. The van der Waals surface area contributed by atoms with Crippen molar-refractivity contribution in [3.8, 4) is 5.75 Å². The lowest BCUT2D eigenvalue weighted by Gasteiger charge is -2.20. The van der Waals surface area contributed by atoms with Crippen molar-refractivity contribution in [3.05, 3.63) is 29.3 Å². The molecule has 0 fully saturated rings. The molecule has 2 rings (SSSR count). The highest BCUT2D eigenvalue weighted by molar-refractivity contribution is 5.40. The predicted molar refractivity (Wildman–Crippen MR) is 79.7 cm³/mol. The Kier molecular flexibility index (Phi) is 4.48. The van der Waals surface area contributed by atoms with E-state index in [1.54, 1.807) is 0 Å². The van der Waals surface area contributed by atoms with Crippen molar-refractivity contribution < 1.29 is 4.74 Å². The molecule has 0 radical (unpaired) electrons. The first kappa shape index (κ1) is 14.4. The summed E-state index contributed by atoms with van der Waals surface area (Å²) in [6.07, 6.45) is 1.36. The van der Waals surface area contributed by atoms with Gasteiger partial charge in [0.2, 0.25) is 0 Å². The molecule has 0 saturated heterocycles. The molecule has 3 heteroatoms. The second-order valence-corrected chi connectivity index (χ2v) is 6.43. The number of benzene rings is 1. The third kappa shape index (κ3) is 4.51. The van der Waals surface area contributed by atoms with Crippen molar-refractivity contribution in [2.45, 2.75) is 52.3 Å². The van der Waals surface area contributed by atoms with Crippen LogP contribution >= 0.6 is 0 Å². The molecule has 0 spiro atoms. The van der Waals surface area contributed by atoms with Gasteiger partial charge in [0.05, 0.1) is 0 Å². The number of rotatable bonds is 5. The molecule has 0 bridgehead atoms. The molecule has 106 valence electrons. The highest BCUT2D eigenvalue weighted by atomic mass is 16.5.